The Labute approximate surface area is 170 Å². The number of benzene rings is 2. The van der Waals surface area contributed by atoms with Crippen molar-refractivity contribution in [2.24, 2.45) is 0 Å². The van der Waals surface area contributed by atoms with Crippen molar-refractivity contribution in [3.8, 4) is 0 Å². The number of amides is 1. The van der Waals surface area contributed by atoms with E-state index in [0.717, 1.165) is 41.5 Å². The van der Waals surface area contributed by atoms with Gasteiger partial charge in [0.05, 0.1) is 26.9 Å². The van der Waals surface area contributed by atoms with Gasteiger partial charge in [0.25, 0.3) is 0 Å². The number of rotatable bonds is 4. The number of aromatic nitrogens is 2. The number of hydrogen-bond donors (Lipinski definition) is 1. The monoisotopic (exact) mass is 413 g/mol. The fourth-order valence-corrected chi connectivity index (χ4v) is 5.98. The quantitative estimate of drug-likeness (QED) is 0.434. The summed E-state index contributed by atoms with van der Waals surface area (Å²) in [5, 5.41) is 3.62. The molecule has 0 fully saturated rings. The number of hydrogen-bond acceptors (Lipinski definition) is 6. The fraction of sp³-hybridized carbons (Fsp3) is 0.250. The van der Waals surface area contributed by atoms with Crippen LogP contribution in [0, 0.1) is 20.8 Å². The van der Waals surface area contributed by atoms with E-state index in [2.05, 4.69) is 48.2 Å². The Hall–Kier alpha value is -1.96. The molecule has 4 aromatic rings. The Morgan fingerprint density at radius 3 is 2.33 bits per heavy atom. The van der Waals surface area contributed by atoms with Gasteiger partial charge >= 0.3 is 0 Å². The molecular formula is C20H19N3OS3. The summed E-state index contributed by atoms with van der Waals surface area (Å²) in [6, 6.07) is 8.22. The van der Waals surface area contributed by atoms with Crippen molar-refractivity contribution in [3.63, 3.8) is 0 Å². The molecule has 0 radical (unpaired) electrons. The van der Waals surface area contributed by atoms with Crippen molar-refractivity contribution in [2.45, 2.75) is 31.5 Å². The molecule has 4 rings (SSSR count). The second-order valence-corrected chi connectivity index (χ2v) is 9.62. The van der Waals surface area contributed by atoms with E-state index in [1.165, 1.54) is 16.9 Å². The van der Waals surface area contributed by atoms with E-state index in [1.807, 2.05) is 18.4 Å². The van der Waals surface area contributed by atoms with Crippen LogP contribution in [0.4, 0.5) is 5.13 Å². The van der Waals surface area contributed by atoms with Crippen LogP contribution in [-0.4, -0.2) is 22.1 Å². The molecule has 1 N–H and O–H groups in total. The van der Waals surface area contributed by atoms with Crippen LogP contribution in [0.5, 0.6) is 0 Å². The van der Waals surface area contributed by atoms with E-state index in [4.69, 9.17) is 0 Å². The smallest absolute Gasteiger partial charge is 0.230 e. The van der Waals surface area contributed by atoms with Gasteiger partial charge in [0.15, 0.2) is 9.47 Å². The van der Waals surface area contributed by atoms with Crippen LogP contribution in [0.3, 0.4) is 0 Å². The third-order valence-corrected chi connectivity index (χ3v) is 7.70. The molecule has 0 aliphatic rings. The molecule has 0 aliphatic carbocycles. The van der Waals surface area contributed by atoms with Gasteiger partial charge in [-0.25, -0.2) is 9.97 Å². The first-order valence-electron chi connectivity index (χ1n) is 8.55. The summed E-state index contributed by atoms with van der Waals surface area (Å²) in [5.41, 5.74) is 6.52. The maximum absolute atomic E-state index is 12.6. The molecule has 2 aromatic carbocycles. The molecule has 0 saturated carbocycles. The average Bonchev–Trinajstić information content (AvgIpc) is 3.20. The predicted molar refractivity (Wildman–Crippen MR) is 118 cm³/mol. The van der Waals surface area contributed by atoms with Crippen molar-refractivity contribution >= 4 is 65.9 Å². The van der Waals surface area contributed by atoms with Gasteiger partial charge in [-0.3, -0.25) is 4.79 Å². The Kier molecular flexibility index (Phi) is 4.92. The maximum atomic E-state index is 12.6. The first-order valence-corrected chi connectivity index (χ1v) is 11.4. The first kappa shape index (κ1) is 18.4. The van der Waals surface area contributed by atoms with Gasteiger partial charge in [0, 0.05) is 0 Å². The lowest BCUT2D eigenvalue weighted by Crippen LogP contribution is -2.15. The second-order valence-electron chi connectivity index (χ2n) is 6.57. The van der Waals surface area contributed by atoms with Crippen LogP contribution in [-0.2, 0) is 11.2 Å². The summed E-state index contributed by atoms with van der Waals surface area (Å²) in [4.78, 5) is 21.8. The number of fused-ring (bicyclic) bond motifs is 3. The highest BCUT2D eigenvalue weighted by molar-refractivity contribution is 8.00. The van der Waals surface area contributed by atoms with Crippen molar-refractivity contribution in [1.29, 1.82) is 0 Å². The normalized spacial score (nSPS) is 11.4. The molecule has 138 valence electrons. The van der Waals surface area contributed by atoms with E-state index in [0.29, 0.717) is 11.6 Å². The molecule has 0 aliphatic heterocycles. The van der Waals surface area contributed by atoms with Gasteiger partial charge in [0.1, 0.15) is 0 Å². The number of thioether (sulfide) groups is 1. The Balaban J connectivity index is 1.61. The molecule has 0 saturated heterocycles. The second kappa shape index (κ2) is 7.22. The minimum absolute atomic E-state index is 0.0329. The molecule has 27 heavy (non-hydrogen) atoms. The van der Waals surface area contributed by atoms with Gasteiger partial charge in [-0.05, 0) is 55.9 Å². The van der Waals surface area contributed by atoms with Crippen molar-refractivity contribution in [1.82, 2.24) is 9.97 Å². The molecule has 0 unspecified atom stereocenters. The number of anilines is 1. The van der Waals surface area contributed by atoms with Gasteiger partial charge in [-0.15, -0.1) is 11.3 Å². The predicted octanol–water partition coefficient (Wildman–Crippen LogP) is 5.73. The fourth-order valence-electron chi connectivity index (χ4n) is 3.31. The number of thiazole rings is 2. The standard InChI is InChI=1S/C20H19N3OS3/c1-10-7-11(2)13(12(3)8-10)9-16(24)23-19-21-14-5-6-15-18(17(14)26-19)27-20(22-15)25-4/h5-8H,9H2,1-4H3,(H,21,23,24). The third kappa shape index (κ3) is 3.59. The zero-order chi connectivity index (χ0) is 19.1. The molecular weight excluding hydrogens is 394 g/mol. The average molecular weight is 414 g/mol. The Morgan fingerprint density at radius 1 is 1.04 bits per heavy atom. The van der Waals surface area contributed by atoms with E-state index < -0.39 is 0 Å². The lowest BCUT2D eigenvalue weighted by molar-refractivity contribution is -0.115. The molecule has 0 spiro atoms. The van der Waals surface area contributed by atoms with Gasteiger partial charge in [0.2, 0.25) is 5.91 Å². The highest BCUT2D eigenvalue weighted by atomic mass is 32.2. The highest BCUT2D eigenvalue weighted by Gasteiger charge is 2.15. The number of carbonyl (C=O) groups is 1. The van der Waals surface area contributed by atoms with Gasteiger partial charge in [-0.2, -0.15) is 0 Å². The van der Waals surface area contributed by atoms with Gasteiger partial charge in [-0.1, -0.05) is 40.8 Å². The summed E-state index contributed by atoms with van der Waals surface area (Å²) >= 11 is 4.84. The number of nitrogens with zero attached hydrogens (tertiary/aromatic N) is 2. The first-order chi connectivity index (χ1) is 12.9. The van der Waals surface area contributed by atoms with Crippen molar-refractivity contribution < 1.29 is 4.79 Å². The van der Waals surface area contributed by atoms with Crippen LogP contribution >= 0.6 is 34.4 Å². The molecule has 2 aromatic heterocycles. The van der Waals surface area contributed by atoms with Crippen LogP contribution in [0.2, 0.25) is 0 Å². The third-order valence-electron chi connectivity index (χ3n) is 4.49. The van der Waals surface area contributed by atoms with Crippen LogP contribution < -0.4 is 5.32 Å². The van der Waals surface area contributed by atoms with E-state index in [9.17, 15) is 4.79 Å². The molecule has 7 heteroatoms. The molecule has 1 amide bonds. The van der Waals surface area contributed by atoms with Crippen LogP contribution in [0.15, 0.2) is 28.6 Å². The van der Waals surface area contributed by atoms with E-state index in [1.54, 1.807) is 23.1 Å². The Bertz CT molecular complexity index is 1150. The Morgan fingerprint density at radius 2 is 1.67 bits per heavy atom. The van der Waals surface area contributed by atoms with Crippen molar-refractivity contribution in [2.75, 3.05) is 11.6 Å². The zero-order valence-electron chi connectivity index (χ0n) is 15.5. The van der Waals surface area contributed by atoms with Crippen molar-refractivity contribution in [3.05, 3.63) is 46.5 Å². The summed E-state index contributed by atoms with van der Waals surface area (Å²) < 4.78 is 3.27. The number of nitrogens with one attached hydrogen (secondary N) is 1. The summed E-state index contributed by atoms with van der Waals surface area (Å²) in [6.07, 6.45) is 2.39. The maximum Gasteiger partial charge on any atom is 0.230 e. The molecule has 0 bridgehead atoms. The number of aryl methyl sites for hydroxylation is 3. The minimum Gasteiger partial charge on any atom is -0.302 e. The molecule has 2 heterocycles. The molecule has 4 nitrogen and oxygen atoms in total. The summed E-state index contributed by atoms with van der Waals surface area (Å²) in [6.45, 7) is 6.20. The SMILES string of the molecule is CSc1nc2ccc3nc(NC(=O)Cc4c(C)cc(C)cc4C)sc3c2s1. The lowest BCUT2D eigenvalue weighted by atomic mass is 9.97. The minimum atomic E-state index is -0.0329. The van der Waals surface area contributed by atoms with Crippen LogP contribution in [0.25, 0.3) is 20.4 Å². The number of carbonyl (C=O) groups excluding carboxylic acids is 1. The summed E-state index contributed by atoms with van der Waals surface area (Å²) in [5.74, 6) is -0.0329. The topological polar surface area (TPSA) is 54.9 Å². The zero-order valence-corrected chi connectivity index (χ0v) is 18.0. The largest absolute Gasteiger partial charge is 0.302 e. The van der Waals surface area contributed by atoms with Crippen LogP contribution in [0.1, 0.15) is 22.3 Å². The van der Waals surface area contributed by atoms with E-state index >= 15 is 0 Å². The molecule has 0 atom stereocenters. The lowest BCUT2D eigenvalue weighted by Gasteiger charge is -2.10. The highest BCUT2D eigenvalue weighted by Crippen LogP contribution is 2.38. The van der Waals surface area contributed by atoms with E-state index in [-0.39, 0.29) is 5.91 Å². The summed E-state index contributed by atoms with van der Waals surface area (Å²) in [7, 11) is 0. The van der Waals surface area contributed by atoms with Gasteiger partial charge < -0.3 is 5.32 Å².